The number of thiophene rings is 1. The molecule has 0 aliphatic carbocycles. The summed E-state index contributed by atoms with van der Waals surface area (Å²) < 4.78 is 0. The SMILES string of the molecule is Cc1ccccc1CCC(=O)c1sccc1Cl. The number of carbonyl (C=O) groups excluding carboxylic acids is 1. The summed E-state index contributed by atoms with van der Waals surface area (Å²) >= 11 is 7.35. The number of halogens is 1. The van der Waals surface area contributed by atoms with E-state index in [9.17, 15) is 4.79 Å². The second-order valence-electron chi connectivity index (χ2n) is 3.95. The first-order valence-electron chi connectivity index (χ1n) is 5.49. The van der Waals surface area contributed by atoms with Crippen molar-refractivity contribution in [2.75, 3.05) is 0 Å². The van der Waals surface area contributed by atoms with Gasteiger partial charge in [-0.25, -0.2) is 0 Å². The second kappa shape index (κ2) is 5.48. The van der Waals surface area contributed by atoms with Crippen molar-refractivity contribution < 1.29 is 4.79 Å². The molecule has 3 heteroatoms. The highest BCUT2D eigenvalue weighted by atomic mass is 35.5. The van der Waals surface area contributed by atoms with Crippen molar-refractivity contribution in [1.29, 1.82) is 0 Å². The smallest absolute Gasteiger partial charge is 0.174 e. The highest BCUT2D eigenvalue weighted by Crippen LogP contribution is 2.24. The van der Waals surface area contributed by atoms with E-state index in [1.54, 1.807) is 6.07 Å². The minimum Gasteiger partial charge on any atom is -0.293 e. The Morgan fingerprint density at radius 3 is 2.71 bits per heavy atom. The zero-order chi connectivity index (χ0) is 12.3. The molecule has 1 heterocycles. The summed E-state index contributed by atoms with van der Waals surface area (Å²) in [7, 11) is 0. The fraction of sp³-hybridized carbons (Fsp3) is 0.214. The molecule has 0 amide bonds. The minimum atomic E-state index is 0.133. The number of benzene rings is 1. The highest BCUT2D eigenvalue weighted by Gasteiger charge is 2.12. The maximum absolute atomic E-state index is 11.9. The zero-order valence-electron chi connectivity index (χ0n) is 9.57. The molecule has 0 aliphatic rings. The van der Waals surface area contributed by atoms with Gasteiger partial charge in [0.05, 0.1) is 9.90 Å². The molecule has 0 aliphatic heterocycles. The van der Waals surface area contributed by atoms with E-state index >= 15 is 0 Å². The van der Waals surface area contributed by atoms with E-state index in [-0.39, 0.29) is 5.78 Å². The molecule has 88 valence electrons. The molecule has 1 aromatic heterocycles. The Balaban J connectivity index is 2.02. The largest absolute Gasteiger partial charge is 0.293 e. The quantitative estimate of drug-likeness (QED) is 0.742. The third-order valence-electron chi connectivity index (χ3n) is 2.75. The van der Waals surface area contributed by atoms with E-state index in [1.807, 2.05) is 17.5 Å². The number of rotatable bonds is 4. The molecular formula is C14H13ClOS. The predicted molar refractivity (Wildman–Crippen MR) is 73.2 cm³/mol. The molecule has 0 bridgehead atoms. The van der Waals surface area contributed by atoms with E-state index in [1.165, 1.54) is 22.5 Å². The molecule has 1 aromatic carbocycles. The normalized spacial score (nSPS) is 10.5. The van der Waals surface area contributed by atoms with Crippen molar-refractivity contribution in [3.63, 3.8) is 0 Å². The number of carbonyl (C=O) groups is 1. The Morgan fingerprint density at radius 2 is 2.06 bits per heavy atom. The van der Waals surface area contributed by atoms with Gasteiger partial charge in [-0.1, -0.05) is 35.9 Å². The maximum atomic E-state index is 11.9. The summed E-state index contributed by atoms with van der Waals surface area (Å²) in [5.74, 6) is 0.133. The third-order valence-corrected chi connectivity index (χ3v) is 4.14. The highest BCUT2D eigenvalue weighted by molar-refractivity contribution is 7.12. The van der Waals surface area contributed by atoms with Gasteiger partial charge in [0.2, 0.25) is 0 Å². The monoisotopic (exact) mass is 264 g/mol. The van der Waals surface area contributed by atoms with Gasteiger partial charge in [0.15, 0.2) is 5.78 Å². The number of ketones is 1. The van der Waals surface area contributed by atoms with Gasteiger partial charge in [0.1, 0.15) is 0 Å². The number of Topliss-reactive ketones (excluding diaryl/α,β-unsaturated/α-hetero) is 1. The number of aryl methyl sites for hydroxylation is 2. The molecular weight excluding hydrogens is 252 g/mol. The van der Waals surface area contributed by atoms with Gasteiger partial charge in [-0.05, 0) is 35.9 Å². The molecule has 17 heavy (non-hydrogen) atoms. The first-order chi connectivity index (χ1) is 8.18. The summed E-state index contributed by atoms with van der Waals surface area (Å²) in [5, 5.41) is 2.42. The number of hydrogen-bond donors (Lipinski definition) is 0. The van der Waals surface area contributed by atoms with Crippen LogP contribution >= 0.6 is 22.9 Å². The first-order valence-corrected chi connectivity index (χ1v) is 6.75. The fourth-order valence-corrected chi connectivity index (χ4v) is 2.88. The van der Waals surface area contributed by atoms with Crippen LogP contribution in [0.1, 0.15) is 27.2 Å². The predicted octanol–water partition coefficient (Wildman–Crippen LogP) is 4.53. The lowest BCUT2D eigenvalue weighted by molar-refractivity contribution is 0.0987. The zero-order valence-corrected chi connectivity index (χ0v) is 11.1. The molecule has 0 spiro atoms. The molecule has 0 saturated heterocycles. The number of hydrogen-bond acceptors (Lipinski definition) is 2. The summed E-state index contributed by atoms with van der Waals surface area (Å²) in [6.07, 6.45) is 1.30. The van der Waals surface area contributed by atoms with Crippen molar-refractivity contribution in [2.45, 2.75) is 19.8 Å². The van der Waals surface area contributed by atoms with Crippen molar-refractivity contribution in [1.82, 2.24) is 0 Å². The molecule has 0 atom stereocenters. The van der Waals surface area contributed by atoms with E-state index in [0.717, 1.165) is 6.42 Å². The summed E-state index contributed by atoms with van der Waals surface area (Å²) in [4.78, 5) is 12.6. The van der Waals surface area contributed by atoms with Crippen molar-refractivity contribution in [3.05, 3.63) is 56.7 Å². The molecule has 1 nitrogen and oxygen atoms in total. The van der Waals surface area contributed by atoms with Gasteiger partial charge in [-0.15, -0.1) is 11.3 Å². The van der Waals surface area contributed by atoms with Crippen LogP contribution in [0.15, 0.2) is 35.7 Å². The van der Waals surface area contributed by atoms with E-state index < -0.39 is 0 Å². The van der Waals surface area contributed by atoms with Gasteiger partial charge in [-0.2, -0.15) is 0 Å². The Bertz CT molecular complexity index is 531. The maximum Gasteiger partial charge on any atom is 0.174 e. The summed E-state index contributed by atoms with van der Waals surface area (Å²) in [6, 6.07) is 9.92. The Hall–Kier alpha value is -1.12. The van der Waals surface area contributed by atoms with Gasteiger partial charge in [-0.3, -0.25) is 4.79 Å². The van der Waals surface area contributed by atoms with Crippen LogP contribution in [-0.2, 0) is 6.42 Å². The van der Waals surface area contributed by atoms with Crippen molar-refractivity contribution >= 4 is 28.7 Å². The van der Waals surface area contributed by atoms with E-state index in [0.29, 0.717) is 16.3 Å². The Morgan fingerprint density at radius 1 is 1.29 bits per heavy atom. The Kier molecular flexibility index (Phi) is 3.97. The van der Waals surface area contributed by atoms with Gasteiger partial charge in [0, 0.05) is 6.42 Å². The van der Waals surface area contributed by atoms with Crippen molar-refractivity contribution in [3.8, 4) is 0 Å². The van der Waals surface area contributed by atoms with Crippen LogP contribution in [0.2, 0.25) is 5.02 Å². The minimum absolute atomic E-state index is 0.133. The van der Waals surface area contributed by atoms with Crippen LogP contribution in [0.25, 0.3) is 0 Å². The van der Waals surface area contributed by atoms with Crippen LogP contribution < -0.4 is 0 Å². The molecule has 2 aromatic rings. The summed E-state index contributed by atoms with van der Waals surface area (Å²) in [6.45, 7) is 2.07. The van der Waals surface area contributed by atoms with Crippen LogP contribution in [0, 0.1) is 6.92 Å². The topological polar surface area (TPSA) is 17.1 Å². The lowest BCUT2D eigenvalue weighted by atomic mass is 10.0. The average molecular weight is 265 g/mol. The molecule has 0 saturated carbocycles. The lowest BCUT2D eigenvalue weighted by Gasteiger charge is -2.04. The van der Waals surface area contributed by atoms with Crippen LogP contribution in [0.4, 0.5) is 0 Å². The Labute approximate surface area is 110 Å². The van der Waals surface area contributed by atoms with Gasteiger partial charge < -0.3 is 0 Å². The first kappa shape index (κ1) is 12.3. The second-order valence-corrected chi connectivity index (χ2v) is 5.27. The van der Waals surface area contributed by atoms with Crippen LogP contribution in [0.5, 0.6) is 0 Å². The van der Waals surface area contributed by atoms with Crippen LogP contribution in [0.3, 0.4) is 0 Å². The van der Waals surface area contributed by atoms with Crippen LogP contribution in [-0.4, -0.2) is 5.78 Å². The van der Waals surface area contributed by atoms with E-state index in [2.05, 4.69) is 19.1 Å². The molecule has 2 rings (SSSR count). The van der Waals surface area contributed by atoms with Crippen molar-refractivity contribution in [2.24, 2.45) is 0 Å². The lowest BCUT2D eigenvalue weighted by Crippen LogP contribution is -2.00. The third kappa shape index (κ3) is 2.96. The van der Waals surface area contributed by atoms with Gasteiger partial charge >= 0.3 is 0 Å². The van der Waals surface area contributed by atoms with Gasteiger partial charge in [0.25, 0.3) is 0 Å². The fourth-order valence-electron chi connectivity index (χ4n) is 1.75. The summed E-state index contributed by atoms with van der Waals surface area (Å²) in [5.41, 5.74) is 2.46. The standard InChI is InChI=1S/C14H13ClOS/c1-10-4-2-3-5-11(10)6-7-13(16)14-12(15)8-9-17-14/h2-5,8-9H,6-7H2,1H3. The molecule has 0 N–H and O–H groups in total. The molecule has 0 fully saturated rings. The molecule has 0 radical (unpaired) electrons. The molecule has 0 unspecified atom stereocenters. The average Bonchev–Trinajstić information content (AvgIpc) is 2.74. The van der Waals surface area contributed by atoms with E-state index in [4.69, 9.17) is 11.6 Å².